The first kappa shape index (κ1) is 47.2. The van der Waals surface area contributed by atoms with Crippen molar-refractivity contribution in [3.05, 3.63) is 177 Å². The summed E-state index contributed by atoms with van der Waals surface area (Å²) in [6.07, 6.45) is 6.60. The summed E-state index contributed by atoms with van der Waals surface area (Å²) in [4.78, 5) is 13.6. The molecular weight excluding hydrogens is 819 g/mol. The zero-order chi connectivity index (χ0) is 47.7. The predicted octanol–water partition coefficient (Wildman–Crippen LogP) is 12.4. The Bertz CT molecular complexity index is 3320. The lowest BCUT2D eigenvalue weighted by Crippen LogP contribution is -2.32. The minimum Gasteiger partial charge on any atom is -0.232 e. The lowest BCUT2D eigenvalue weighted by Gasteiger charge is -2.14. The molecule has 0 saturated carbocycles. The first-order valence-electron chi connectivity index (χ1n) is 22.7. The fourth-order valence-electron chi connectivity index (χ4n) is 9.13. The van der Waals surface area contributed by atoms with Gasteiger partial charge in [-0.3, -0.25) is 0 Å². The summed E-state index contributed by atoms with van der Waals surface area (Å²) in [7, 11) is 6.03. The van der Waals surface area contributed by atoms with E-state index in [2.05, 4.69) is 116 Å². The van der Waals surface area contributed by atoms with E-state index in [-0.39, 0.29) is 11.6 Å². The molecule has 0 N–H and O–H groups in total. The minimum absolute atomic E-state index is 0.110. The number of halogens is 2. The second-order valence-corrected chi connectivity index (χ2v) is 18.5. The topological polar surface area (TPSA) is 50.3 Å². The molecule has 0 saturated heterocycles. The van der Waals surface area contributed by atoms with Crippen molar-refractivity contribution in [3.8, 4) is 33.8 Å². The molecule has 0 fully saturated rings. The normalized spacial score (nSPS) is 11.2. The minimum atomic E-state index is -0.114. The highest BCUT2D eigenvalue weighted by Gasteiger charge is 2.22. The van der Waals surface area contributed by atoms with E-state index < -0.39 is 0 Å². The number of rotatable bonds is 5. The van der Waals surface area contributed by atoms with E-state index in [1.807, 2.05) is 120 Å². The number of aryl methyl sites for hydroxylation is 7. The number of para-hydroxylation sites is 2. The lowest BCUT2D eigenvalue weighted by molar-refractivity contribution is -0.662. The molecule has 9 aromatic rings. The van der Waals surface area contributed by atoms with Crippen LogP contribution in [0.15, 0.2) is 110 Å². The maximum Gasteiger partial charge on any atom is 0.287 e. The van der Waals surface area contributed by atoms with Crippen molar-refractivity contribution in [1.82, 2.24) is 15.0 Å². The van der Waals surface area contributed by atoms with Gasteiger partial charge in [0, 0.05) is 16.7 Å². The molecule has 0 radical (unpaired) electrons. The molecule has 0 aliphatic carbocycles. The van der Waals surface area contributed by atoms with Crippen LogP contribution in [0.25, 0.3) is 66.5 Å². The molecule has 0 unspecified atom stereocenters. The molecule has 0 amide bonds. The van der Waals surface area contributed by atoms with Crippen molar-refractivity contribution in [1.29, 1.82) is 0 Å². The third kappa shape index (κ3) is 9.32. The van der Waals surface area contributed by atoms with Crippen LogP contribution >= 0.6 is 0 Å². The molecule has 8 heteroatoms. The third-order valence-electron chi connectivity index (χ3n) is 13.0. The number of nitrogens with zero attached hydrogens (tertiary/aromatic N) is 6. The second-order valence-electron chi connectivity index (χ2n) is 18.5. The van der Waals surface area contributed by atoms with Crippen LogP contribution < -0.4 is 13.7 Å². The molecule has 0 aliphatic rings. The standard InChI is InChI=1S/C22H26FN2.C18H18FN2.C18H19N2/c1-13(2)9-17-7-8-18-20(11-17)24-12-25(6)22(18)19-10-14(3)21(23)16(5)15(19)4;1-11-9-15(12(2)13(3)17(11)19)18-14-7-5-6-8-16(14)20-10-21(18)4;1-12-9-13(2)14(3)16(10-12)18-15-7-5-6-8-17(15)19-11-20(18)4/h7-8,10-13H,9H2,1-6H3;5-10H,1-4H3;5-11H,1-4H3/q3*+1. The van der Waals surface area contributed by atoms with Crippen molar-refractivity contribution in [2.75, 3.05) is 0 Å². The Morgan fingerprint density at radius 2 is 0.848 bits per heavy atom. The van der Waals surface area contributed by atoms with Crippen molar-refractivity contribution < 1.29 is 22.5 Å². The molecular formula is C58H63F2N6+3. The SMILES string of the molecule is Cc1cc(-c2c3ccc(CC(C)C)cc3nc[n+]2C)c(C)c(C)c1F.Cc1cc(-c2c3ccccc3nc[n+]2C)c(C)c(C)c1F.Cc1cc(C)c(C)c(-c2c3ccccc3nc[n+]2C)c1. The number of benzene rings is 6. The summed E-state index contributed by atoms with van der Waals surface area (Å²) >= 11 is 0. The number of fused-ring (bicyclic) bond motifs is 3. The van der Waals surface area contributed by atoms with E-state index in [1.165, 1.54) is 38.9 Å². The number of aromatic nitrogens is 6. The molecule has 66 heavy (non-hydrogen) atoms. The zero-order valence-corrected chi connectivity index (χ0v) is 41.1. The van der Waals surface area contributed by atoms with Gasteiger partial charge in [-0.1, -0.05) is 55.8 Å². The number of hydrogen-bond acceptors (Lipinski definition) is 3. The van der Waals surface area contributed by atoms with Crippen LogP contribution in [-0.2, 0) is 27.6 Å². The van der Waals surface area contributed by atoms with E-state index >= 15 is 0 Å². The molecule has 6 nitrogen and oxygen atoms in total. The quantitative estimate of drug-likeness (QED) is 0.162. The van der Waals surface area contributed by atoms with Gasteiger partial charge in [0.05, 0.1) is 37.3 Å². The third-order valence-corrected chi connectivity index (χ3v) is 13.0. The van der Waals surface area contributed by atoms with Gasteiger partial charge >= 0.3 is 0 Å². The number of hydrogen-bond donors (Lipinski definition) is 0. The van der Waals surface area contributed by atoms with Crippen LogP contribution in [0.2, 0.25) is 0 Å². The van der Waals surface area contributed by atoms with Gasteiger partial charge < -0.3 is 0 Å². The molecule has 0 atom stereocenters. The van der Waals surface area contributed by atoms with Crippen molar-refractivity contribution in [2.24, 2.45) is 27.1 Å². The Hall–Kier alpha value is -6.80. The molecule has 0 spiro atoms. The van der Waals surface area contributed by atoms with Gasteiger partial charge in [-0.25, -0.2) is 22.5 Å². The maximum atomic E-state index is 14.3. The lowest BCUT2D eigenvalue weighted by atomic mass is 9.94. The maximum absolute atomic E-state index is 14.3. The van der Waals surface area contributed by atoms with E-state index in [0.717, 1.165) is 72.9 Å². The molecule has 3 heterocycles. The Morgan fingerprint density at radius 1 is 0.439 bits per heavy atom. The van der Waals surface area contributed by atoms with Gasteiger partial charge in [0.1, 0.15) is 28.7 Å². The highest BCUT2D eigenvalue weighted by atomic mass is 19.1. The van der Waals surface area contributed by atoms with E-state index in [4.69, 9.17) is 0 Å². The van der Waals surface area contributed by atoms with Crippen LogP contribution in [-0.4, -0.2) is 15.0 Å². The van der Waals surface area contributed by atoms with Crippen LogP contribution in [0.5, 0.6) is 0 Å². The highest BCUT2D eigenvalue weighted by Crippen LogP contribution is 2.34. The second kappa shape index (κ2) is 19.4. The van der Waals surface area contributed by atoms with Crippen LogP contribution in [0.4, 0.5) is 8.78 Å². The molecule has 6 aromatic carbocycles. The summed E-state index contributed by atoms with van der Waals surface area (Å²) in [5.41, 5.74) is 19.8. The average molecular weight is 882 g/mol. The fraction of sp³-hybridized carbons (Fsp3) is 0.276. The summed E-state index contributed by atoms with van der Waals surface area (Å²) in [6, 6.07) is 31.3. The summed E-state index contributed by atoms with van der Waals surface area (Å²) < 4.78 is 34.5. The first-order chi connectivity index (χ1) is 31.4. The van der Waals surface area contributed by atoms with Gasteiger partial charge in [0.15, 0.2) is 16.6 Å². The molecule has 0 bridgehead atoms. The van der Waals surface area contributed by atoms with Crippen LogP contribution in [0.1, 0.15) is 69.5 Å². The van der Waals surface area contributed by atoms with Crippen LogP contribution in [0, 0.1) is 79.9 Å². The smallest absolute Gasteiger partial charge is 0.232 e. The van der Waals surface area contributed by atoms with Crippen LogP contribution in [0.3, 0.4) is 0 Å². The van der Waals surface area contributed by atoms with Crippen molar-refractivity contribution in [3.63, 3.8) is 0 Å². The average Bonchev–Trinajstić information content (AvgIpc) is 3.29. The fourth-order valence-corrected chi connectivity index (χ4v) is 9.13. The van der Waals surface area contributed by atoms with Gasteiger partial charge in [-0.2, -0.15) is 0 Å². The summed E-state index contributed by atoms with van der Waals surface area (Å²) in [6.45, 7) is 22.3. The Kier molecular flexibility index (Phi) is 13.8. The molecule has 9 rings (SSSR count). The van der Waals surface area contributed by atoms with E-state index in [9.17, 15) is 8.78 Å². The highest BCUT2D eigenvalue weighted by molar-refractivity contribution is 5.93. The predicted molar refractivity (Wildman–Crippen MR) is 266 cm³/mol. The Labute approximate surface area is 389 Å². The largest absolute Gasteiger partial charge is 0.287 e. The molecule has 336 valence electrons. The van der Waals surface area contributed by atoms with Crippen molar-refractivity contribution in [2.45, 2.75) is 82.6 Å². The van der Waals surface area contributed by atoms with Gasteiger partial charge in [-0.15, -0.1) is 0 Å². The molecule has 0 aliphatic heterocycles. The first-order valence-corrected chi connectivity index (χ1v) is 22.7. The van der Waals surface area contributed by atoms with Crippen molar-refractivity contribution >= 4 is 32.7 Å². The summed E-state index contributed by atoms with van der Waals surface area (Å²) in [5, 5.41) is 3.38. The Balaban J connectivity index is 0.000000148. The van der Waals surface area contributed by atoms with Gasteiger partial charge in [0.25, 0.3) is 19.0 Å². The monoisotopic (exact) mass is 882 g/mol. The zero-order valence-electron chi connectivity index (χ0n) is 41.1. The van der Waals surface area contributed by atoms with Gasteiger partial charge in [-0.05, 0) is 194 Å². The Morgan fingerprint density at radius 3 is 1.30 bits per heavy atom. The van der Waals surface area contributed by atoms with Gasteiger partial charge in [0.2, 0.25) is 0 Å². The van der Waals surface area contributed by atoms with E-state index in [0.29, 0.717) is 22.6 Å². The molecule has 3 aromatic heterocycles. The van der Waals surface area contributed by atoms with E-state index in [1.54, 1.807) is 0 Å². The summed E-state index contributed by atoms with van der Waals surface area (Å²) in [5.74, 6) is 0.389.